The number of aliphatic hydroxyl groups excluding tert-OH is 1. The molecule has 1 nitrogen and oxygen atoms in total. The van der Waals surface area contributed by atoms with E-state index in [1.807, 2.05) is 0 Å². The average molecular weight is 258 g/mol. The molecule has 102 valence electrons. The molecular weight excluding hydrogens is 228 g/mol. The van der Waals surface area contributed by atoms with Crippen LogP contribution in [0.4, 0.5) is 0 Å². The molecule has 1 N–H and O–H groups in total. The van der Waals surface area contributed by atoms with Crippen LogP contribution in [0.25, 0.3) is 0 Å². The van der Waals surface area contributed by atoms with Gasteiger partial charge in [-0.2, -0.15) is 0 Å². The minimum atomic E-state index is 0.127. The van der Waals surface area contributed by atoms with Crippen LogP contribution < -0.4 is 0 Å². The number of unbranched alkanes of at least 4 members (excludes halogenated alkanes) is 9. The van der Waals surface area contributed by atoms with Crippen molar-refractivity contribution in [1.82, 2.24) is 0 Å². The minimum absolute atomic E-state index is 0.127. The first kappa shape index (κ1) is 17.1. The lowest BCUT2D eigenvalue weighted by molar-refractivity contribution is 0.340. The molecule has 0 aliphatic carbocycles. The van der Waals surface area contributed by atoms with E-state index in [4.69, 9.17) is 5.11 Å². The van der Waals surface area contributed by atoms with Crippen molar-refractivity contribution in [2.75, 3.05) is 12.4 Å². The molecular formula is C15H30OS. The molecule has 2 heteroatoms. The van der Waals surface area contributed by atoms with Crippen molar-refractivity contribution in [2.24, 2.45) is 0 Å². The molecule has 0 saturated heterocycles. The van der Waals surface area contributed by atoms with Gasteiger partial charge in [-0.15, -0.1) is 11.8 Å². The lowest BCUT2D eigenvalue weighted by atomic mass is 10.1. The number of aliphatic hydroxyl groups is 1. The van der Waals surface area contributed by atoms with E-state index in [1.165, 1.54) is 64.2 Å². The van der Waals surface area contributed by atoms with Crippen LogP contribution in [-0.2, 0) is 0 Å². The highest BCUT2D eigenvalue weighted by Gasteiger charge is 1.94. The molecule has 0 aliphatic rings. The third-order valence-corrected chi connectivity index (χ3v) is 4.01. The smallest absolute Gasteiger partial charge is 0.0734 e. The second-order valence-electron chi connectivity index (χ2n) is 4.73. The van der Waals surface area contributed by atoms with Crippen molar-refractivity contribution in [3.05, 3.63) is 11.5 Å². The summed E-state index contributed by atoms with van der Waals surface area (Å²) in [6, 6.07) is 0. The molecule has 17 heavy (non-hydrogen) atoms. The van der Waals surface area contributed by atoms with E-state index in [1.54, 1.807) is 11.8 Å². The van der Waals surface area contributed by atoms with Crippen molar-refractivity contribution < 1.29 is 5.11 Å². The lowest BCUT2D eigenvalue weighted by Crippen LogP contribution is -1.87. The predicted molar refractivity (Wildman–Crippen MR) is 80.5 cm³/mol. The fourth-order valence-electron chi connectivity index (χ4n) is 1.85. The van der Waals surface area contributed by atoms with Gasteiger partial charge in [0, 0.05) is 4.91 Å². The normalized spacial score (nSPS) is 10.7. The van der Waals surface area contributed by atoms with E-state index in [0.29, 0.717) is 0 Å². The molecule has 0 bridgehead atoms. The maximum absolute atomic E-state index is 8.78. The Morgan fingerprint density at radius 2 is 1.35 bits per heavy atom. The standard InChI is InChI=1S/C15H30OS/c1-3-4-5-6-7-8-9-10-11-12-13-17-15(2)14-16/h16H,2-14H2,1H3. The van der Waals surface area contributed by atoms with E-state index < -0.39 is 0 Å². The van der Waals surface area contributed by atoms with Gasteiger partial charge in [-0.3, -0.25) is 0 Å². The maximum atomic E-state index is 8.78. The summed E-state index contributed by atoms with van der Waals surface area (Å²) < 4.78 is 0. The van der Waals surface area contributed by atoms with Crippen LogP contribution in [-0.4, -0.2) is 17.5 Å². The molecule has 0 spiro atoms. The summed E-state index contributed by atoms with van der Waals surface area (Å²) in [5.41, 5.74) is 0. The van der Waals surface area contributed by atoms with E-state index in [9.17, 15) is 0 Å². The zero-order chi connectivity index (χ0) is 12.8. The Balaban J connectivity index is 2.96. The molecule has 0 atom stereocenters. The van der Waals surface area contributed by atoms with Gasteiger partial charge in [0.25, 0.3) is 0 Å². The quantitative estimate of drug-likeness (QED) is 0.461. The first-order valence-corrected chi connectivity index (χ1v) is 8.21. The molecule has 0 aromatic heterocycles. The van der Waals surface area contributed by atoms with Gasteiger partial charge >= 0.3 is 0 Å². The van der Waals surface area contributed by atoms with Crippen molar-refractivity contribution >= 4 is 11.8 Å². The summed E-state index contributed by atoms with van der Waals surface area (Å²) in [7, 11) is 0. The summed E-state index contributed by atoms with van der Waals surface area (Å²) in [6.07, 6.45) is 13.8. The van der Waals surface area contributed by atoms with Gasteiger partial charge in [0.15, 0.2) is 0 Å². The van der Waals surface area contributed by atoms with Crippen molar-refractivity contribution in [3.8, 4) is 0 Å². The number of thioether (sulfide) groups is 1. The summed E-state index contributed by atoms with van der Waals surface area (Å²) in [4.78, 5) is 0.904. The molecule has 0 fully saturated rings. The Morgan fingerprint density at radius 1 is 0.882 bits per heavy atom. The molecule has 0 amide bonds. The Kier molecular flexibility index (Phi) is 14.2. The van der Waals surface area contributed by atoms with Gasteiger partial charge in [-0.1, -0.05) is 71.3 Å². The maximum Gasteiger partial charge on any atom is 0.0734 e. The second-order valence-corrected chi connectivity index (χ2v) is 6.00. The van der Waals surface area contributed by atoms with Crippen molar-refractivity contribution in [3.63, 3.8) is 0 Å². The highest BCUT2D eigenvalue weighted by molar-refractivity contribution is 8.03. The van der Waals surface area contributed by atoms with E-state index >= 15 is 0 Å². The number of hydrogen-bond donors (Lipinski definition) is 1. The molecule has 0 unspecified atom stereocenters. The Hall–Kier alpha value is 0.0500. The molecule has 0 heterocycles. The first-order valence-electron chi connectivity index (χ1n) is 7.22. The van der Waals surface area contributed by atoms with Gasteiger partial charge in [-0.25, -0.2) is 0 Å². The van der Waals surface area contributed by atoms with E-state index in [-0.39, 0.29) is 6.61 Å². The molecule has 0 aliphatic heterocycles. The zero-order valence-electron chi connectivity index (χ0n) is 11.5. The largest absolute Gasteiger partial charge is 0.391 e. The summed E-state index contributed by atoms with van der Waals surface area (Å²) in [6.45, 7) is 6.16. The fourth-order valence-corrected chi connectivity index (χ4v) is 2.58. The lowest BCUT2D eigenvalue weighted by Gasteiger charge is -2.03. The summed E-state index contributed by atoms with van der Waals surface area (Å²) in [5, 5.41) is 8.78. The number of rotatable bonds is 13. The molecule has 0 aromatic rings. The van der Waals surface area contributed by atoms with Crippen LogP contribution >= 0.6 is 11.8 Å². The monoisotopic (exact) mass is 258 g/mol. The molecule has 0 aromatic carbocycles. The summed E-state index contributed by atoms with van der Waals surface area (Å²) in [5.74, 6) is 1.12. The van der Waals surface area contributed by atoms with Gasteiger partial charge in [-0.05, 0) is 12.2 Å². The Labute approximate surface area is 112 Å². The Morgan fingerprint density at radius 3 is 1.82 bits per heavy atom. The topological polar surface area (TPSA) is 20.2 Å². The van der Waals surface area contributed by atoms with E-state index in [2.05, 4.69) is 13.5 Å². The van der Waals surface area contributed by atoms with Crippen LogP contribution in [0.15, 0.2) is 11.5 Å². The van der Waals surface area contributed by atoms with Crippen LogP contribution in [0, 0.1) is 0 Å². The second kappa shape index (κ2) is 14.1. The third-order valence-electron chi connectivity index (χ3n) is 2.98. The minimum Gasteiger partial charge on any atom is -0.391 e. The molecule has 0 radical (unpaired) electrons. The van der Waals surface area contributed by atoms with Crippen LogP contribution in [0.2, 0.25) is 0 Å². The SMILES string of the molecule is C=C(CO)SCCCCCCCCCCCC. The third kappa shape index (κ3) is 14.0. The van der Waals surface area contributed by atoms with Crippen molar-refractivity contribution in [2.45, 2.75) is 71.1 Å². The summed E-state index contributed by atoms with van der Waals surface area (Å²) >= 11 is 1.71. The van der Waals surface area contributed by atoms with Crippen LogP contribution in [0.5, 0.6) is 0 Å². The van der Waals surface area contributed by atoms with Gasteiger partial charge in [0.2, 0.25) is 0 Å². The van der Waals surface area contributed by atoms with Gasteiger partial charge < -0.3 is 5.11 Å². The first-order chi connectivity index (χ1) is 8.31. The van der Waals surface area contributed by atoms with Crippen LogP contribution in [0.3, 0.4) is 0 Å². The van der Waals surface area contributed by atoms with Crippen LogP contribution in [0.1, 0.15) is 71.1 Å². The predicted octanol–water partition coefficient (Wildman–Crippen LogP) is 5.15. The zero-order valence-corrected chi connectivity index (χ0v) is 12.4. The van der Waals surface area contributed by atoms with E-state index in [0.717, 1.165) is 10.7 Å². The highest BCUT2D eigenvalue weighted by Crippen LogP contribution is 2.16. The Bertz CT molecular complexity index is 168. The highest BCUT2D eigenvalue weighted by atomic mass is 32.2. The van der Waals surface area contributed by atoms with Crippen molar-refractivity contribution in [1.29, 1.82) is 0 Å². The molecule has 0 rings (SSSR count). The fraction of sp³-hybridized carbons (Fsp3) is 0.867. The molecule has 0 saturated carbocycles. The average Bonchev–Trinajstić information content (AvgIpc) is 2.35. The van der Waals surface area contributed by atoms with Gasteiger partial charge in [0.1, 0.15) is 0 Å². The number of hydrogen-bond acceptors (Lipinski definition) is 2. The van der Waals surface area contributed by atoms with Gasteiger partial charge in [0.05, 0.1) is 6.61 Å².